The fraction of sp³-hybridized carbons (Fsp3) is 1.00. The predicted molar refractivity (Wildman–Crippen MR) is 54.6 cm³/mol. The Hall–Kier alpha value is -0.240. The van der Waals surface area contributed by atoms with Crippen LogP contribution >= 0.6 is 0 Å². The SMILES string of the molecule is CC(C)(C)O[C@@H]1O[C@H](CO)[C@H](O)[C@@H](O)[C@H]1O. The molecule has 16 heavy (non-hydrogen) atoms. The van der Waals surface area contributed by atoms with Gasteiger partial charge in [0.15, 0.2) is 6.29 Å². The zero-order valence-electron chi connectivity index (χ0n) is 9.70. The third-order valence-corrected chi connectivity index (χ3v) is 2.32. The summed E-state index contributed by atoms with van der Waals surface area (Å²) in [6, 6.07) is 0. The number of hydrogen-bond donors (Lipinski definition) is 4. The maximum atomic E-state index is 9.64. The van der Waals surface area contributed by atoms with Gasteiger partial charge in [-0.2, -0.15) is 0 Å². The van der Waals surface area contributed by atoms with Crippen molar-refractivity contribution in [2.45, 2.75) is 57.1 Å². The second kappa shape index (κ2) is 4.95. The molecular formula is C10H20O6. The Morgan fingerprint density at radius 3 is 2.06 bits per heavy atom. The van der Waals surface area contributed by atoms with Crippen LogP contribution < -0.4 is 0 Å². The van der Waals surface area contributed by atoms with Crippen molar-refractivity contribution in [1.29, 1.82) is 0 Å². The Morgan fingerprint density at radius 2 is 1.62 bits per heavy atom. The van der Waals surface area contributed by atoms with E-state index >= 15 is 0 Å². The van der Waals surface area contributed by atoms with Gasteiger partial charge in [0.1, 0.15) is 24.4 Å². The normalized spacial score (nSPS) is 41.1. The van der Waals surface area contributed by atoms with E-state index in [4.69, 9.17) is 14.6 Å². The summed E-state index contributed by atoms with van der Waals surface area (Å²) < 4.78 is 10.6. The molecule has 96 valence electrons. The minimum atomic E-state index is -1.39. The van der Waals surface area contributed by atoms with Gasteiger partial charge >= 0.3 is 0 Å². The lowest BCUT2D eigenvalue weighted by Gasteiger charge is -2.41. The molecule has 1 saturated heterocycles. The fourth-order valence-corrected chi connectivity index (χ4v) is 1.51. The second-order valence-electron chi connectivity index (χ2n) is 4.93. The Kier molecular flexibility index (Phi) is 4.28. The van der Waals surface area contributed by atoms with Gasteiger partial charge in [0, 0.05) is 0 Å². The van der Waals surface area contributed by atoms with Gasteiger partial charge < -0.3 is 29.9 Å². The molecule has 0 amide bonds. The number of aliphatic hydroxyl groups is 4. The summed E-state index contributed by atoms with van der Waals surface area (Å²) in [6.45, 7) is 4.87. The van der Waals surface area contributed by atoms with Crippen LogP contribution in [0.25, 0.3) is 0 Å². The summed E-state index contributed by atoms with van der Waals surface area (Å²) in [5.74, 6) is 0. The molecule has 0 aromatic rings. The molecule has 0 saturated carbocycles. The number of hydrogen-bond acceptors (Lipinski definition) is 6. The Morgan fingerprint density at radius 1 is 1.06 bits per heavy atom. The van der Waals surface area contributed by atoms with E-state index in [0.717, 1.165) is 0 Å². The van der Waals surface area contributed by atoms with Crippen LogP contribution in [0.1, 0.15) is 20.8 Å². The van der Waals surface area contributed by atoms with Gasteiger partial charge in [-0.15, -0.1) is 0 Å². The molecule has 5 atom stereocenters. The van der Waals surface area contributed by atoms with Gasteiger partial charge in [0.2, 0.25) is 0 Å². The molecular weight excluding hydrogens is 216 g/mol. The molecule has 0 aliphatic carbocycles. The molecule has 1 aliphatic heterocycles. The molecule has 1 heterocycles. The highest BCUT2D eigenvalue weighted by molar-refractivity contribution is 4.89. The summed E-state index contributed by atoms with van der Waals surface area (Å²) in [4.78, 5) is 0. The van der Waals surface area contributed by atoms with Gasteiger partial charge in [-0.05, 0) is 20.8 Å². The second-order valence-corrected chi connectivity index (χ2v) is 4.93. The molecule has 0 aromatic carbocycles. The number of aliphatic hydroxyl groups excluding tert-OH is 4. The third-order valence-electron chi connectivity index (χ3n) is 2.32. The van der Waals surface area contributed by atoms with E-state index < -0.39 is 42.9 Å². The van der Waals surface area contributed by atoms with Crippen LogP contribution in [-0.2, 0) is 9.47 Å². The third kappa shape index (κ3) is 3.13. The lowest BCUT2D eigenvalue weighted by atomic mass is 9.99. The van der Waals surface area contributed by atoms with Gasteiger partial charge in [0.25, 0.3) is 0 Å². The smallest absolute Gasteiger partial charge is 0.187 e. The monoisotopic (exact) mass is 236 g/mol. The minimum Gasteiger partial charge on any atom is -0.394 e. The zero-order valence-corrected chi connectivity index (χ0v) is 9.70. The molecule has 4 N–H and O–H groups in total. The topological polar surface area (TPSA) is 99.4 Å². The van der Waals surface area contributed by atoms with Crippen LogP contribution in [0.5, 0.6) is 0 Å². The van der Waals surface area contributed by atoms with Crippen LogP contribution in [-0.4, -0.2) is 63.3 Å². The molecule has 1 rings (SSSR count). The molecule has 0 unspecified atom stereocenters. The van der Waals surface area contributed by atoms with Crippen molar-refractivity contribution in [2.75, 3.05) is 6.61 Å². The van der Waals surface area contributed by atoms with E-state index in [0.29, 0.717) is 0 Å². The number of rotatable bonds is 2. The molecule has 0 radical (unpaired) electrons. The standard InChI is InChI=1S/C10H20O6/c1-10(2,3)16-9-8(14)7(13)6(12)5(4-11)15-9/h5-9,11-14H,4H2,1-3H3/t5-,6+,7-,8-,9+/m1/s1. The molecule has 6 heteroatoms. The van der Waals surface area contributed by atoms with E-state index in [1.54, 1.807) is 20.8 Å². The maximum absolute atomic E-state index is 9.64. The molecule has 0 spiro atoms. The minimum absolute atomic E-state index is 0.449. The lowest BCUT2D eigenvalue weighted by Crippen LogP contribution is -2.60. The van der Waals surface area contributed by atoms with E-state index in [1.807, 2.05) is 0 Å². The average Bonchev–Trinajstić information content (AvgIpc) is 2.17. The predicted octanol–water partition coefficient (Wildman–Crippen LogP) is -1.40. The van der Waals surface area contributed by atoms with Gasteiger partial charge in [-0.1, -0.05) is 0 Å². The van der Waals surface area contributed by atoms with Crippen molar-refractivity contribution in [1.82, 2.24) is 0 Å². The molecule has 0 bridgehead atoms. The maximum Gasteiger partial charge on any atom is 0.187 e. The highest BCUT2D eigenvalue weighted by atomic mass is 16.7. The largest absolute Gasteiger partial charge is 0.394 e. The van der Waals surface area contributed by atoms with Crippen LogP contribution in [0.3, 0.4) is 0 Å². The summed E-state index contributed by atoms with van der Waals surface area (Å²) in [5, 5.41) is 37.6. The molecule has 1 aliphatic rings. The van der Waals surface area contributed by atoms with Crippen LogP contribution in [0.4, 0.5) is 0 Å². The average molecular weight is 236 g/mol. The van der Waals surface area contributed by atoms with Crippen LogP contribution in [0.2, 0.25) is 0 Å². The van der Waals surface area contributed by atoms with Gasteiger partial charge in [-0.3, -0.25) is 0 Å². The summed E-state index contributed by atoms with van der Waals surface area (Å²) in [5.41, 5.74) is -0.562. The Bertz CT molecular complexity index is 224. The van der Waals surface area contributed by atoms with Crippen LogP contribution in [0, 0.1) is 0 Å². The first-order valence-corrected chi connectivity index (χ1v) is 5.24. The van der Waals surface area contributed by atoms with Crippen molar-refractivity contribution in [3.05, 3.63) is 0 Å². The molecule has 0 aromatic heterocycles. The van der Waals surface area contributed by atoms with Crippen molar-refractivity contribution in [3.63, 3.8) is 0 Å². The van der Waals surface area contributed by atoms with E-state index in [2.05, 4.69) is 0 Å². The lowest BCUT2D eigenvalue weighted by molar-refractivity contribution is -0.320. The summed E-state index contributed by atoms with van der Waals surface area (Å²) in [7, 11) is 0. The fourth-order valence-electron chi connectivity index (χ4n) is 1.51. The Balaban J connectivity index is 2.71. The molecule has 6 nitrogen and oxygen atoms in total. The van der Waals surface area contributed by atoms with Crippen LogP contribution in [0.15, 0.2) is 0 Å². The van der Waals surface area contributed by atoms with Crippen molar-refractivity contribution in [3.8, 4) is 0 Å². The first-order valence-electron chi connectivity index (χ1n) is 5.24. The van der Waals surface area contributed by atoms with Gasteiger partial charge in [-0.25, -0.2) is 0 Å². The highest BCUT2D eigenvalue weighted by Gasteiger charge is 2.45. The van der Waals surface area contributed by atoms with E-state index in [-0.39, 0.29) is 0 Å². The van der Waals surface area contributed by atoms with E-state index in [1.165, 1.54) is 0 Å². The number of ether oxygens (including phenoxy) is 2. The Labute approximate surface area is 94.4 Å². The van der Waals surface area contributed by atoms with E-state index in [9.17, 15) is 15.3 Å². The van der Waals surface area contributed by atoms with Crippen molar-refractivity contribution in [2.24, 2.45) is 0 Å². The summed E-state index contributed by atoms with van der Waals surface area (Å²) in [6.07, 6.45) is -6.06. The van der Waals surface area contributed by atoms with Gasteiger partial charge in [0.05, 0.1) is 12.2 Å². The quantitative estimate of drug-likeness (QED) is 0.471. The zero-order chi connectivity index (χ0) is 12.5. The van der Waals surface area contributed by atoms with Crippen molar-refractivity contribution >= 4 is 0 Å². The molecule has 1 fully saturated rings. The van der Waals surface area contributed by atoms with Crippen molar-refractivity contribution < 1.29 is 29.9 Å². The summed E-state index contributed by atoms with van der Waals surface area (Å²) >= 11 is 0. The first kappa shape index (κ1) is 13.8. The highest BCUT2D eigenvalue weighted by Crippen LogP contribution is 2.25. The first-order chi connectivity index (χ1) is 7.26.